The molecule has 0 spiro atoms. The van der Waals surface area contributed by atoms with Crippen LogP contribution in [-0.4, -0.2) is 11.6 Å². The molecule has 1 aromatic rings. The van der Waals surface area contributed by atoms with Crippen molar-refractivity contribution in [2.45, 2.75) is 6.92 Å². The second-order valence-corrected chi connectivity index (χ2v) is 3.67. The van der Waals surface area contributed by atoms with Crippen LogP contribution < -0.4 is 4.91 Å². The fourth-order valence-corrected chi connectivity index (χ4v) is 1.85. The quantitative estimate of drug-likeness (QED) is 0.636. The predicted octanol–water partition coefficient (Wildman–Crippen LogP) is 2.45. The topological polar surface area (TPSA) is 84.4 Å². The summed E-state index contributed by atoms with van der Waals surface area (Å²) in [6.07, 6.45) is 3.16. The molecule has 5 heteroatoms. The SMILES string of the molecule is C/C=C/C1=C(N=[N+]=N)C(=O)c2ccccc2C1=O. The summed E-state index contributed by atoms with van der Waals surface area (Å²) < 4.78 is 0. The van der Waals surface area contributed by atoms with Crippen LogP contribution in [0.3, 0.4) is 0 Å². The lowest BCUT2D eigenvalue weighted by Gasteiger charge is -2.13. The van der Waals surface area contributed by atoms with E-state index in [1.807, 2.05) is 0 Å². The minimum atomic E-state index is -0.380. The summed E-state index contributed by atoms with van der Waals surface area (Å²) in [5, 5.41) is 3.46. The van der Waals surface area contributed by atoms with Crippen molar-refractivity contribution in [1.82, 2.24) is 4.91 Å². The van der Waals surface area contributed by atoms with Crippen molar-refractivity contribution in [2.24, 2.45) is 5.11 Å². The molecule has 0 saturated carbocycles. The van der Waals surface area contributed by atoms with E-state index >= 15 is 0 Å². The molecule has 88 valence electrons. The number of ketones is 2. The van der Waals surface area contributed by atoms with Gasteiger partial charge in [-0.15, -0.1) is 0 Å². The molecular formula is C13H10N3O2+. The van der Waals surface area contributed by atoms with Crippen molar-refractivity contribution < 1.29 is 9.59 Å². The Morgan fingerprint density at radius 1 is 1.17 bits per heavy atom. The molecule has 0 atom stereocenters. The molecule has 0 saturated heterocycles. The number of hydrogen-bond donors (Lipinski definition) is 1. The van der Waals surface area contributed by atoms with E-state index in [1.165, 1.54) is 6.08 Å². The predicted molar refractivity (Wildman–Crippen MR) is 64.2 cm³/mol. The number of Topliss-reactive ketones (excluding diaryl/α,β-unsaturated/α-hetero) is 2. The summed E-state index contributed by atoms with van der Waals surface area (Å²) in [4.78, 5) is 27.2. The van der Waals surface area contributed by atoms with Crippen molar-refractivity contribution in [3.63, 3.8) is 0 Å². The Labute approximate surface area is 103 Å². The molecule has 0 bridgehead atoms. The third kappa shape index (κ3) is 1.73. The van der Waals surface area contributed by atoms with E-state index in [1.54, 1.807) is 37.3 Å². The van der Waals surface area contributed by atoms with Crippen LogP contribution in [-0.2, 0) is 0 Å². The Bertz CT molecular complexity index is 650. The number of carbonyl (C=O) groups excluding carboxylic acids is 2. The highest BCUT2D eigenvalue weighted by molar-refractivity contribution is 6.27. The molecule has 0 fully saturated rings. The van der Waals surface area contributed by atoms with Crippen LogP contribution in [0.15, 0.2) is 52.8 Å². The van der Waals surface area contributed by atoms with Gasteiger partial charge in [-0.1, -0.05) is 36.4 Å². The second-order valence-electron chi connectivity index (χ2n) is 3.67. The molecular weight excluding hydrogens is 230 g/mol. The highest BCUT2D eigenvalue weighted by atomic mass is 16.1. The number of carbonyl (C=O) groups is 2. The molecule has 5 nitrogen and oxygen atoms in total. The first-order chi connectivity index (χ1) is 8.70. The molecule has 0 amide bonds. The van der Waals surface area contributed by atoms with Gasteiger partial charge in [0.15, 0.2) is 10.9 Å². The number of nitrogens with zero attached hydrogens (tertiary/aromatic N) is 2. The van der Waals surface area contributed by atoms with Crippen LogP contribution in [0.5, 0.6) is 0 Å². The first kappa shape index (κ1) is 11.8. The zero-order valence-electron chi connectivity index (χ0n) is 9.68. The van der Waals surface area contributed by atoms with Gasteiger partial charge in [-0.25, -0.2) is 0 Å². The minimum Gasteiger partial charge on any atom is -0.288 e. The van der Waals surface area contributed by atoms with Crippen LogP contribution in [0.4, 0.5) is 0 Å². The average Bonchev–Trinajstić information content (AvgIpc) is 2.40. The van der Waals surface area contributed by atoms with Crippen molar-refractivity contribution in [2.75, 3.05) is 0 Å². The van der Waals surface area contributed by atoms with Crippen molar-refractivity contribution in [3.8, 4) is 0 Å². The fraction of sp³-hybridized carbons (Fsp3) is 0.0769. The zero-order chi connectivity index (χ0) is 13.1. The van der Waals surface area contributed by atoms with Gasteiger partial charge >= 0.3 is 0 Å². The van der Waals surface area contributed by atoms with Gasteiger partial charge in [0, 0.05) is 11.1 Å². The summed E-state index contributed by atoms with van der Waals surface area (Å²) in [6.45, 7) is 1.74. The van der Waals surface area contributed by atoms with Gasteiger partial charge in [-0.3, -0.25) is 9.59 Å². The number of rotatable bonds is 2. The normalized spacial score (nSPS) is 14.7. The van der Waals surface area contributed by atoms with Gasteiger partial charge in [-0.05, 0) is 6.92 Å². The van der Waals surface area contributed by atoms with Gasteiger partial charge in [0.1, 0.15) is 5.53 Å². The van der Waals surface area contributed by atoms with Crippen molar-refractivity contribution >= 4 is 11.6 Å². The molecule has 1 aromatic carbocycles. The van der Waals surface area contributed by atoms with E-state index in [2.05, 4.69) is 10.0 Å². The minimum absolute atomic E-state index is 0.0770. The lowest BCUT2D eigenvalue weighted by atomic mass is 9.87. The van der Waals surface area contributed by atoms with Crippen molar-refractivity contribution in [3.05, 3.63) is 58.8 Å². The summed E-state index contributed by atoms with van der Waals surface area (Å²) in [5.74, 6) is -0.653. The molecule has 0 heterocycles. The van der Waals surface area contributed by atoms with E-state index in [0.717, 1.165) is 0 Å². The summed E-state index contributed by atoms with van der Waals surface area (Å²) in [5.41, 5.74) is 7.50. The Hall–Kier alpha value is -2.65. The van der Waals surface area contributed by atoms with Crippen LogP contribution in [0.25, 0.3) is 0 Å². The molecule has 0 radical (unpaired) electrons. The Balaban J connectivity index is 2.75. The fourth-order valence-electron chi connectivity index (χ4n) is 1.85. The molecule has 0 unspecified atom stereocenters. The average molecular weight is 240 g/mol. The van der Waals surface area contributed by atoms with E-state index in [0.29, 0.717) is 11.1 Å². The number of benzene rings is 1. The first-order valence-electron chi connectivity index (χ1n) is 5.33. The van der Waals surface area contributed by atoms with Crippen LogP contribution in [0.2, 0.25) is 0 Å². The first-order valence-corrected chi connectivity index (χ1v) is 5.33. The lowest BCUT2D eigenvalue weighted by Crippen LogP contribution is -2.20. The highest BCUT2D eigenvalue weighted by Crippen LogP contribution is 2.27. The van der Waals surface area contributed by atoms with Gasteiger partial charge in [0.2, 0.25) is 16.4 Å². The van der Waals surface area contributed by atoms with Crippen molar-refractivity contribution in [1.29, 1.82) is 5.53 Å². The third-order valence-electron chi connectivity index (χ3n) is 2.61. The number of hydrogen-bond acceptors (Lipinski definition) is 4. The molecule has 0 aliphatic heterocycles. The maximum Gasteiger partial charge on any atom is 0.220 e. The summed E-state index contributed by atoms with van der Waals surface area (Å²) in [7, 11) is 0. The smallest absolute Gasteiger partial charge is 0.220 e. The monoisotopic (exact) mass is 240 g/mol. The molecule has 18 heavy (non-hydrogen) atoms. The second kappa shape index (κ2) is 4.69. The van der Waals surface area contributed by atoms with Crippen LogP contribution >= 0.6 is 0 Å². The molecule has 1 aliphatic carbocycles. The molecule has 2 rings (SSSR count). The van der Waals surface area contributed by atoms with Crippen LogP contribution in [0.1, 0.15) is 27.6 Å². The van der Waals surface area contributed by atoms with Gasteiger partial charge in [0.25, 0.3) is 0 Å². The Kier molecular flexibility index (Phi) is 3.08. The largest absolute Gasteiger partial charge is 0.288 e. The third-order valence-corrected chi connectivity index (χ3v) is 2.61. The Morgan fingerprint density at radius 3 is 2.33 bits per heavy atom. The highest BCUT2D eigenvalue weighted by Gasteiger charge is 2.33. The summed E-state index contributed by atoms with van der Waals surface area (Å²) in [6, 6.07) is 6.56. The van der Waals surface area contributed by atoms with E-state index in [-0.39, 0.29) is 22.8 Å². The Morgan fingerprint density at radius 2 is 1.78 bits per heavy atom. The summed E-state index contributed by atoms with van der Waals surface area (Å²) >= 11 is 0. The number of allylic oxidation sites excluding steroid dienone is 4. The van der Waals surface area contributed by atoms with E-state index in [9.17, 15) is 9.59 Å². The molecule has 1 aliphatic rings. The molecule has 0 aromatic heterocycles. The maximum atomic E-state index is 12.2. The number of nitrogens with one attached hydrogen (secondary N) is 1. The standard InChI is InChI=1S/C13H10N3O2/c1-2-5-10-11(15-16-14)13(18)9-7-4-3-6-8(9)12(10)17/h2-7,14H,1H3/q+1/b5-2+. The van der Waals surface area contributed by atoms with E-state index < -0.39 is 0 Å². The zero-order valence-corrected chi connectivity index (χ0v) is 9.68. The lowest BCUT2D eigenvalue weighted by molar-refractivity contribution is 0.0975. The van der Waals surface area contributed by atoms with Gasteiger partial charge in [0.05, 0.1) is 5.57 Å². The van der Waals surface area contributed by atoms with Gasteiger partial charge < -0.3 is 0 Å². The molecule has 1 N–H and O–H groups in total. The number of fused-ring (bicyclic) bond motifs is 1. The van der Waals surface area contributed by atoms with Gasteiger partial charge in [-0.2, -0.15) is 0 Å². The maximum absolute atomic E-state index is 12.2. The van der Waals surface area contributed by atoms with Crippen LogP contribution in [0, 0.1) is 5.53 Å². The van der Waals surface area contributed by atoms with E-state index in [4.69, 9.17) is 5.53 Å².